The summed E-state index contributed by atoms with van der Waals surface area (Å²) in [6.07, 6.45) is 0. The number of non-ortho nitro benzene ring substituents is 1. The van der Waals surface area contributed by atoms with Gasteiger partial charge in [0.15, 0.2) is 11.0 Å². The van der Waals surface area contributed by atoms with Gasteiger partial charge in [-0.25, -0.2) is 0 Å². The Hall–Kier alpha value is -2.72. The number of nitro benzene ring substituents is 1. The van der Waals surface area contributed by atoms with Crippen molar-refractivity contribution < 1.29 is 9.72 Å². The molecule has 0 aliphatic heterocycles. The van der Waals surface area contributed by atoms with Gasteiger partial charge in [0, 0.05) is 40.2 Å². The molecule has 0 aliphatic rings. The number of amides is 1. The van der Waals surface area contributed by atoms with Crippen molar-refractivity contribution in [2.75, 3.05) is 11.1 Å². The van der Waals surface area contributed by atoms with Crippen LogP contribution in [0, 0.1) is 10.1 Å². The number of benzene rings is 1. The van der Waals surface area contributed by atoms with Gasteiger partial charge in [0.2, 0.25) is 5.91 Å². The van der Waals surface area contributed by atoms with Gasteiger partial charge in [-0.2, -0.15) is 0 Å². The Morgan fingerprint density at radius 3 is 2.62 bits per heavy atom. The minimum Gasteiger partial charge on any atom is -0.325 e. The van der Waals surface area contributed by atoms with Gasteiger partial charge in [0.25, 0.3) is 5.69 Å². The first kappa shape index (κ1) is 21.0. The van der Waals surface area contributed by atoms with Crippen LogP contribution in [0.15, 0.2) is 40.9 Å². The summed E-state index contributed by atoms with van der Waals surface area (Å²) in [5.41, 5.74) is 1.53. The number of carbonyl (C=O) groups excluding carboxylic acids is 1. The molecular weight excluding hydrogens is 410 g/mol. The smallest absolute Gasteiger partial charge is 0.269 e. The van der Waals surface area contributed by atoms with E-state index in [0.29, 0.717) is 23.3 Å². The van der Waals surface area contributed by atoms with Gasteiger partial charge >= 0.3 is 0 Å². The molecule has 1 amide bonds. The lowest BCUT2D eigenvalue weighted by molar-refractivity contribution is -0.384. The average molecular weight is 432 g/mol. The van der Waals surface area contributed by atoms with E-state index in [1.165, 1.54) is 40.9 Å². The number of hydrogen-bond acceptors (Lipinski definition) is 7. The summed E-state index contributed by atoms with van der Waals surface area (Å²) in [7, 11) is 0. The molecule has 8 nitrogen and oxygen atoms in total. The number of nitrogens with one attached hydrogen (secondary N) is 1. The molecular formula is C19H21N5O3S2. The molecule has 10 heteroatoms. The molecule has 1 N–H and O–H groups in total. The highest BCUT2D eigenvalue weighted by molar-refractivity contribution is 7.99. The fourth-order valence-electron chi connectivity index (χ4n) is 2.66. The lowest BCUT2D eigenvalue weighted by Gasteiger charge is -2.07. The second-order valence-corrected chi connectivity index (χ2v) is 8.47. The fourth-order valence-corrected chi connectivity index (χ4v) is 4.37. The van der Waals surface area contributed by atoms with E-state index < -0.39 is 4.92 Å². The van der Waals surface area contributed by atoms with Crippen LogP contribution in [0.1, 0.15) is 31.6 Å². The van der Waals surface area contributed by atoms with Gasteiger partial charge in [-0.15, -0.1) is 21.5 Å². The van der Waals surface area contributed by atoms with Crippen LogP contribution in [-0.4, -0.2) is 31.3 Å². The van der Waals surface area contributed by atoms with E-state index in [0.717, 1.165) is 11.4 Å². The average Bonchev–Trinajstić information content (AvgIpc) is 3.33. The quantitative estimate of drug-likeness (QED) is 0.312. The summed E-state index contributed by atoms with van der Waals surface area (Å²) < 4.78 is 2.00. The molecule has 0 aliphatic carbocycles. The Morgan fingerprint density at radius 1 is 1.31 bits per heavy atom. The van der Waals surface area contributed by atoms with Crippen LogP contribution < -0.4 is 5.32 Å². The number of carbonyl (C=O) groups is 1. The molecule has 0 fully saturated rings. The second kappa shape index (κ2) is 9.19. The van der Waals surface area contributed by atoms with Gasteiger partial charge in [-0.05, 0) is 31.0 Å². The van der Waals surface area contributed by atoms with Gasteiger partial charge in [-0.1, -0.05) is 25.6 Å². The zero-order valence-corrected chi connectivity index (χ0v) is 17.9. The predicted molar refractivity (Wildman–Crippen MR) is 116 cm³/mol. The Balaban J connectivity index is 1.65. The zero-order valence-electron chi connectivity index (χ0n) is 16.3. The van der Waals surface area contributed by atoms with Crippen LogP contribution in [0.5, 0.6) is 0 Å². The lowest BCUT2D eigenvalue weighted by Crippen LogP contribution is -2.14. The topological polar surface area (TPSA) is 103 Å². The van der Waals surface area contributed by atoms with Crippen LogP contribution >= 0.6 is 23.1 Å². The van der Waals surface area contributed by atoms with Crippen molar-refractivity contribution in [1.82, 2.24) is 14.8 Å². The predicted octanol–water partition coefficient (Wildman–Crippen LogP) is 4.79. The van der Waals surface area contributed by atoms with Crippen molar-refractivity contribution in [2.24, 2.45) is 0 Å². The maximum atomic E-state index is 12.2. The van der Waals surface area contributed by atoms with Crippen LogP contribution in [0.25, 0.3) is 11.4 Å². The van der Waals surface area contributed by atoms with E-state index in [4.69, 9.17) is 0 Å². The van der Waals surface area contributed by atoms with Crippen molar-refractivity contribution >= 4 is 40.4 Å². The number of nitro groups is 1. The third-order valence-corrected chi connectivity index (χ3v) is 6.37. The van der Waals surface area contributed by atoms with Crippen molar-refractivity contribution in [3.63, 3.8) is 0 Å². The van der Waals surface area contributed by atoms with Crippen molar-refractivity contribution in [2.45, 2.75) is 38.4 Å². The van der Waals surface area contributed by atoms with E-state index in [9.17, 15) is 14.9 Å². The molecule has 2 aromatic heterocycles. The number of aromatic nitrogens is 3. The van der Waals surface area contributed by atoms with E-state index in [-0.39, 0.29) is 17.3 Å². The number of thiophene rings is 1. The van der Waals surface area contributed by atoms with E-state index in [1.54, 1.807) is 11.3 Å². The number of anilines is 1. The highest BCUT2D eigenvalue weighted by Crippen LogP contribution is 2.31. The highest BCUT2D eigenvalue weighted by atomic mass is 32.2. The SMILES string of the molecule is CCn1c(SCC(=O)Nc2ccc([N+](=O)[O-])cc2)nnc1-c1csc(C(C)C)c1. The van der Waals surface area contributed by atoms with E-state index >= 15 is 0 Å². The maximum absolute atomic E-state index is 12.2. The Morgan fingerprint density at radius 2 is 2.03 bits per heavy atom. The highest BCUT2D eigenvalue weighted by Gasteiger charge is 2.16. The molecule has 0 unspecified atom stereocenters. The molecule has 0 atom stereocenters. The van der Waals surface area contributed by atoms with E-state index in [2.05, 4.69) is 40.8 Å². The minimum atomic E-state index is -0.478. The minimum absolute atomic E-state index is 0.0185. The molecule has 3 rings (SSSR count). The summed E-state index contributed by atoms with van der Waals surface area (Å²) in [5.74, 6) is 1.21. The lowest BCUT2D eigenvalue weighted by atomic mass is 10.1. The number of rotatable bonds is 8. The monoisotopic (exact) mass is 431 g/mol. The van der Waals surface area contributed by atoms with Crippen molar-refractivity contribution in [1.29, 1.82) is 0 Å². The van der Waals surface area contributed by atoms with Crippen molar-refractivity contribution in [3.05, 3.63) is 50.7 Å². The molecule has 0 saturated heterocycles. The molecule has 152 valence electrons. The first-order chi connectivity index (χ1) is 13.9. The number of nitrogens with zero attached hydrogens (tertiary/aromatic N) is 4. The van der Waals surface area contributed by atoms with Gasteiger partial charge in [0.1, 0.15) is 0 Å². The summed E-state index contributed by atoms with van der Waals surface area (Å²) >= 11 is 3.02. The molecule has 0 radical (unpaired) electrons. The molecule has 0 spiro atoms. The third-order valence-electron chi connectivity index (χ3n) is 4.17. The van der Waals surface area contributed by atoms with Crippen LogP contribution in [-0.2, 0) is 11.3 Å². The first-order valence-electron chi connectivity index (χ1n) is 9.08. The van der Waals surface area contributed by atoms with Crippen LogP contribution in [0.3, 0.4) is 0 Å². The normalized spacial score (nSPS) is 11.0. The first-order valence-corrected chi connectivity index (χ1v) is 10.9. The Labute approximate surface area is 176 Å². The van der Waals surface area contributed by atoms with Gasteiger partial charge in [-0.3, -0.25) is 14.9 Å². The Bertz CT molecular complexity index is 1010. The zero-order chi connectivity index (χ0) is 21.0. The maximum Gasteiger partial charge on any atom is 0.269 e. The standard InChI is InChI=1S/C19H21N5O3S2/c1-4-23-18(13-9-16(12(2)3)28-10-13)21-22-19(23)29-11-17(25)20-14-5-7-15(8-6-14)24(26)27/h5-10,12H,4,11H2,1-3H3,(H,20,25). The molecule has 0 bridgehead atoms. The van der Waals surface area contributed by atoms with Crippen molar-refractivity contribution in [3.8, 4) is 11.4 Å². The van der Waals surface area contributed by atoms with Crippen LogP contribution in [0.4, 0.5) is 11.4 Å². The summed E-state index contributed by atoms with van der Waals surface area (Å²) in [5, 5.41) is 24.8. The summed E-state index contributed by atoms with van der Waals surface area (Å²) in [4.78, 5) is 23.7. The molecule has 2 heterocycles. The molecule has 0 saturated carbocycles. The largest absolute Gasteiger partial charge is 0.325 e. The molecule has 3 aromatic rings. The number of hydrogen-bond donors (Lipinski definition) is 1. The second-order valence-electron chi connectivity index (χ2n) is 6.58. The summed E-state index contributed by atoms with van der Waals surface area (Å²) in [6, 6.07) is 7.87. The summed E-state index contributed by atoms with van der Waals surface area (Å²) in [6.45, 7) is 7.03. The van der Waals surface area contributed by atoms with E-state index in [1.807, 2.05) is 11.5 Å². The van der Waals surface area contributed by atoms with Gasteiger partial charge < -0.3 is 9.88 Å². The number of thioether (sulfide) groups is 1. The Kier molecular flexibility index (Phi) is 6.65. The molecule has 29 heavy (non-hydrogen) atoms. The fraction of sp³-hybridized carbons (Fsp3) is 0.316. The van der Waals surface area contributed by atoms with Crippen LogP contribution in [0.2, 0.25) is 0 Å². The molecule has 1 aromatic carbocycles. The van der Waals surface area contributed by atoms with Gasteiger partial charge in [0.05, 0.1) is 10.7 Å². The third kappa shape index (κ3) is 5.01.